The number of primary amides is 1. The predicted molar refractivity (Wildman–Crippen MR) is 65.5 cm³/mol. The summed E-state index contributed by atoms with van der Waals surface area (Å²) in [5, 5.41) is 3.04. The van der Waals surface area contributed by atoms with Crippen LogP contribution in [0, 0.1) is 0 Å². The summed E-state index contributed by atoms with van der Waals surface area (Å²) in [5.74, 6) is -0.437. The third kappa shape index (κ3) is 4.42. The Hall–Kier alpha value is -1.59. The van der Waals surface area contributed by atoms with Crippen LogP contribution in [0.5, 0.6) is 0 Å². The van der Waals surface area contributed by atoms with E-state index in [9.17, 15) is 4.79 Å². The molecule has 0 heterocycles. The number of carbonyl (C=O) groups is 1. The average Bonchev–Trinajstić information content (AvgIpc) is 2.35. The van der Waals surface area contributed by atoms with Crippen LogP contribution in [-0.4, -0.2) is 32.5 Å². The van der Waals surface area contributed by atoms with E-state index in [4.69, 9.17) is 15.2 Å². The Morgan fingerprint density at radius 1 is 1.29 bits per heavy atom. The Kier molecular flexibility index (Phi) is 5.45. The van der Waals surface area contributed by atoms with E-state index < -0.39 is 18.2 Å². The molecule has 5 nitrogen and oxygen atoms in total. The molecule has 3 N–H and O–H groups in total. The summed E-state index contributed by atoms with van der Waals surface area (Å²) in [5.41, 5.74) is 6.17. The van der Waals surface area contributed by atoms with Crippen molar-refractivity contribution in [3.63, 3.8) is 0 Å². The van der Waals surface area contributed by atoms with Crippen molar-refractivity contribution >= 4 is 11.6 Å². The first kappa shape index (κ1) is 13.5. The second-order valence-corrected chi connectivity index (χ2v) is 3.60. The molecule has 5 heteroatoms. The molecule has 1 atom stereocenters. The van der Waals surface area contributed by atoms with Crippen LogP contribution in [-0.2, 0) is 14.3 Å². The smallest absolute Gasteiger partial charge is 0.240 e. The maximum Gasteiger partial charge on any atom is 0.240 e. The van der Waals surface area contributed by atoms with Crippen LogP contribution in [0.4, 0.5) is 5.69 Å². The van der Waals surface area contributed by atoms with Gasteiger partial charge in [-0.15, -0.1) is 0 Å². The van der Waals surface area contributed by atoms with Gasteiger partial charge in [-0.05, 0) is 12.1 Å². The highest BCUT2D eigenvalue weighted by Gasteiger charge is 2.20. The maximum atomic E-state index is 11.3. The zero-order chi connectivity index (χ0) is 12.7. The van der Waals surface area contributed by atoms with Gasteiger partial charge in [0.25, 0.3) is 0 Å². The van der Waals surface area contributed by atoms with E-state index in [1.807, 2.05) is 30.3 Å². The first-order chi connectivity index (χ1) is 8.17. The van der Waals surface area contributed by atoms with Crippen molar-refractivity contribution in [1.29, 1.82) is 0 Å². The van der Waals surface area contributed by atoms with Crippen molar-refractivity contribution in [3.8, 4) is 0 Å². The normalized spacial score (nSPS) is 12.4. The zero-order valence-corrected chi connectivity index (χ0v) is 10.1. The van der Waals surface area contributed by atoms with Crippen molar-refractivity contribution in [3.05, 3.63) is 30.3 Å². The number of carbonyl (C=O) groups excluding carboxylic acids is 1. The molecular formula is C12H18N2O3. The first-order valence-corrected chi connectivity index (χ1v) is 5.34. The van der Waals surface area contributed by atoms with Gasteiger partial charge in [0.1, 0.15) is 6.04 Å². The van der Waals surface area contributed by atoms with E-state index in [1.54, 1.807) is 0 Å². The largest absolute Gasteiger partial charge is 0.374 e. The van der Waals surface area contributed by atoms with Crippen LogP contribution >= 0.6 is 0 Å². The summed E-state index contributed by atoms with van der Waals surface area (Å²) >= 11 is 0. The zero-order valence-electron chi connectivity index (χ0n) is 10.1. The van der Waals surface area contributed by atoms with E-state index in [0.29, 0.717) is 6.42 Å². The third-order valence-electron chi connectivity index (χ3n) is 2.41. The molecule has 0 aliphatic rings. The van der Waals surface area contributed by atoms with Gasteiger partial charge in [-0.1, -0.05) is 18.2 Å². The number of rotatable bonds is 7. The summed E-state index contributed by atoms with van der Waals surface area (Å²) in [6.45, 7) is 0. The SMILES string of the molecule is COC(CC(Nc1ccccc1)C(N)=O)OC. The van der Waals surface area contributed by atoms with Gasteiger partial charge >= 0.3 is 0 Å². The topological polar surface area (TPSA) is 73.6 Å². The lowest BCUT2D eigenvalue weighted by Gasteiger charge is -2.21. The minimum absolute atomic E-state index is 0.358. The average molecular weight is 238 g/mol. The highest BCUT2D eigenvalue weighted by Crippen LogP contribution is 2.11. The first-order valence-electron chi connectivity index (χ1n) is 5.34. The molecule has 1 rings (SSSR count). The molecule has 0 fully saturated rings. The Morgan fingerprint density at radius 3 is 2.35 bits per heavy atom. The van der Waals surface area contributed by atoms with E-state index in [2.05, 4.69) is 5.32 Å². The Morgan fingerprint density at radius 2 is 1.88 bits per heavy atom. The van der Waals surface area contributed by atoms with Crippen molar-refractivity contribution in [2.45, 2.75) is 18.8 Å². The molecule has 0 bridgehead atoms. The van der Waals surface area contributed by atoms with Gasteiger partial charge in [0.05, 0.1) is 0 Å². The van der Waals surface area contributed by atoms with E-state index >= 15 is 0 Å². The van der Waals surface area contributed by atoms with Gasteiger partial charge < -0.3 is 20.5 Å². The number of nitrogens with one attached hydrogen (secondary N) is 1. The molecule has 0 spiro atoms. The predicted octanol–water partition coefficient (Wildman–Crippen LogP) is 0.961. The fourth-order valence-electron chi connectivity index (χ4n) is 1.46. The molecule has 0 radical (unpaired) electrons. The standard InChI is InChI=1S/C12H18N2O3/c1-16-11(17-2)8-10(12(13)15)14-9-6-4-3-5-7-9/h3-7,10-11,14H,8H2,1-2H3,(H2,13,15). The summed E-state index contributed by atoms with van der Waals surface area (Å²) in [6.07, 6.45) is -0.0965. The molecule has 0 aliphatic carbocycles. The number of benzene rings is 1. The lowest BCUT2D eigenvalue weighted by Crippen LogP contribution is -2.39. The lowest BCUT2D eigenvalue weighted by molar-refractivity contribution is -0.127. The van der Waals surface area contributed by atoms with Crippen molar-refractivity contribution in [2.75, 3.05) is 19.5 Å². The van der Waals surface area contributed by atoms with E-state index in [1.165, 1.54) is 14.2 Å². The Balaban J connectivity index is 2.64. The van der Waals surface area contributed by atoms with Gasteiger partial charge in [0.2, 0.25) is 5.91 Å². The number of amides is 1. The molecule has 1 aromatic rings. The molecule has 1 amide bonds. The highest BCUT2D eigenvalue weighted by molar-refractivity contribution is 5.82. The van der Waals surface area contributed by atoms with E-state index in [-0.39, 0.29) is 0 Å². The van der Waals surface area contributed by atoms with Crippen LogP contribution < -0.4 is 11.1 Å². The Labute approximate surface area is 101 Å². The van der Waals surface area contributed by atoms with Crippen molar-refractivity contribution in [2.24, 2.45) is 5.73 Å². The van der Waals surface area contributed by atoms with Crippen molar-refractivity contribution in [1.82, 2.24) is 0 Å². The molecule has 1 unspecified atom stereocenters. The van der Waals surface area contributed by atoms with Gasteiger partial charge in [0, 0.05) is 26.3 Å². The number of para-hydroxylation sites is 1. The fraction of sp³-hybridized carbons (Fsp3) is 0.417. The maximum absolute atomic E-state index is 11.3. The summed E-state index contributed by atoms with van der Waals surface area (Å²) < 4.78 is 10.1. The number of ether oxygens (including phenoxy) is 2. The minimum Gasteiger partial charge on any atom is -0.374 e. The van der Waals surface area contributed by atoms with Crippen LogP contribution in [0.2, 0.25) is 0 Å². The van der Waals surface area contributed by atoms with Crippen molar-refractivity contribution < 1.29 is 14.3 Å². The second-order valence-electron chi connectivity index (χ2n) is 3.60. The van der Waals surface area contributed by atoms with Gasteiger partial charge in [-0.2, -0.15) is 0 Å². The number of hydrogen-bond donors (Lipinski definition) is 2. The Bertz CT molecular complexity index is 339. The molecule has 0 aromatic heterocycles. The molecule has 0 saturated heterocycles. The summed E-state index contributed by atoms with van der Waals surface area (Å²) in [4.78, 5) is 11.3. The van der Waals surface area contributed by atoms with Crippen LogP contribution in [0.15, 0.2) is 30.3 Å². The molecule has 17 heavy (non-hydrogen) atoms. The van der Waals surface area contributed by atoms with E-state index in [0.717, 1.165) is 5.69 Å². The molecular weight excluding hydrogens is 220 g/mol. The van der Waals surface area contributed by atoms with Crippen LogP contribution in [0.3, 0.4) is 0 Å². The monoisotopic (exact) mass is 238 g/mol. The number of anilines is 1. The quantitative estimate of drug-likeness (QED) is 0.694. The molecule has 1 aromatic carbocycles. The number of hydrogen-bond acceptors (Lipinski definition) is 4. The third-order valence-corrected chi connectivity index (χ3v) is 2.41. The number of nitrogens with two attached hydrogens (primary N) is 1. The summed E-state index contributed by atoms with van der Waals surface area (Å²) in [7, 11) is 3.05. The lowest BCUT2D eigenvalue weighted by atomic mass is 10.1. The minimum atomic E-state index is -0.526. The van der Waals surface area contributed by atoms with Gasteiger partial charge in [-0.3, -0.25) is 4.79 Å². The highest BCUT2D eigenvalue weighted by atomic mass is 16.7. The fourth-order valence-corrected chi connectivity index (χ4v) is 1.46. The van der Waals surface area contributed by atoms with Gasteiger partial charge in [0.15, 0.2) is 6.29 Å². The summed E-state index contributed by atoms with van der Waals surface area (Å²) in [6, 6.07) is 8.86. The van der Waals surface area contributed by atoms with Crippen LogP contribution in [0.25, 0.3) is 0 Å². The van der Waals surface area contributed by atoms with Gasteiger partial charge in [-0.25, -0.2) is 0 Å². The molecule has 0 saturated carbocycles. The second kappa shape index (κ2) is 6.88. The van der Waals surface area contributed by atoms with Crippen LogP contribution in [0.1, 0.15) is 6.42 Å². The number of methoxy groups -OCH3 is 2. The molecule has 94 valence electrons. The molecule has 0 aliphatic heterocycles.